The van der Waals surface area contributed by atoms with E-state index in [4.69, 9.17) is 4.74 Å². The van der Waals surface area contributed by atoms with E-state index in [1.807, 2.05) is 0 Å². The second kappa shape index (κ2) is 8.11. The minimum absolute atomic E-state index is 0.0973. The predicted octanol–water partition coefficient (Wildman–Crippen LogP) is 1.15. The molecule has 2 N–H and O–H groups in total. The molecule has 1 saturated carbocycles. The number of hydrogen-bond acceptors (Lipinski definition) is 4. The lowest BCUT2D eigenvalue weighted by atomic mass is 10.0. The molecule has 1 amide bonds. The summed E-state index contributed by atoms with van der Waals surface area (Å²) in [5.74, 6) is 0.239. The van der Waals surface area contributed by atoms with Crippen LogP contribution in [-0.2, 0) is 9.53 Å². The molecule has 3 atom stereocenters. The highest BCUT2D eigenvalue weighted by Crippen LogP contribution is 2.25. The van der Waals surface area contributed by atoms with Crippen molar-refractivity contribution < 1.29 is 14.6 Å². The number of hydrogen-bond donors (Lipinski definition) is 2. The lowest BCUT2D eigenvalue weighted by Crippen LogP contribution is -2.47. The van der Waals surface area contributed by atoms with Crippen molar-refractivity contribution in [3.05, 3.63) is 0 Å². The Hall–Kier alpha value is -0.650. The third-order valence-electron chi connectivity index (χ3n) is 4.72. The third-order valence-corrected chi connectivity index (χ3v) is 4.72. The molecule has 5 heteroatoms. The van der Waals surface area contributed by atoms with Gasteiger partial charge in [0.05, 0.1) is 18.8 Å². The zero-order valence-corrected chi connectivity index (χ0v) is 13.4. The second-order valence-corrected chi connectivity index (χ2v) is 6.57. The molecule has 0 radical (unpaired) electrons. The highest BCUT2D eigenvalue weighted by atomic mass is 16.5. The highest BCUT2D eigenvalue weighted by Gasteiger charge is 2.38. The average molecular weight is 298 g/mol. The van der Waals surface area contributed by atoms with Crippen LogP contribution in [0.2, 0.25) is 0 Å². The van der Waals surface area contributed by atoms with Crippen molar-refractivity contribution in [1.29, 1.82) is 0 Å². The quantitative estimate of drug-likeness (QED) is 0.740. The Kier molecular flexibility index (Phi) is 6.45. The topological polar surface area (TPSA) is 61.8 Å². The van der Waals surface area contributed by atoms with Crippen molar-refractivity contribution >= 4 is 5.91 Å². The monoisotopic (exact) mass is 298 g/mol. The van der Waals surface area contributed by atoms with E-state index < -0.39 is 6.10 Å². The van der Waals surface area contributed by atoms with Gasteiger partial charge >= 0.3 is 0 Å². The predicted molar refractivity (Wildman–Crippen MR) is 82.0 cm³/mol. The Balaban J connectivity index is 1.75. The molecular weight excluding hydrogens is 268 g/mol. The summed E-state index contributed by atoms with van der Waals surface area (Å²) in [6.45, 7) is 4.33. The van der Waals surface area contributed by atoms with Crippen molar-refractivity contribution in [1.82, 2.24) is 10.2 Å². The standard InChI is InChI=1S/C16H30N2O3/c1-3-4-9-18(2)10-14-15(19)13(11-21-14)17-16(20)12-7-5-6-8-12/h12-15,19H,3-11H2,1-2H3,(H,17,20). The number of nitrogens with one attached hydrogen (secondary N) is 1. The van der Waals surface area contributed by atoms with Crippen LogP contribution in [0.25, 0.3) is 0 Å². The van der Waals surface area contributed by atoms with Crippen LogP contribution in [0.4, 0.5) is 0 Å². The summed E-state index contributed by atoms with van der Waals surface area (Å²) >= 11 is 0. The number of amides is 1. The molecule has 1 aliphatic heterocycles. The molecule has 0 aromatic carbocycles. The van der Waals surface area contributed by atoms with Gasteiger partial charge in [0, 0.05) is 12.5 Å². The maximum atomic E-state index is 12.1. The molecule has 2 aliphatic rings. The number of likely N-dealkylation sites (N-methyl/N-ethyl adjacent to an activating group) is 1. The fourth-order valence-corrected chi connectivity index (χ4v) is 3.29. The largest absolute Gasteiger partial charge is 0.388 e. The van der Waals surface area contributed by atoms with Crippen molar-refractivity contribution in [2.45, 2.75) is 63.7 Å². The van der Waals surface area contributed by atoms with Gasteiger partial charge in [-0.3, -0.25) is 4.79 Å². The van der Waals surface area contributed by atoms with Gasteiger partial charge in [0.25, 0.3) is 0 Å². The van der Waals surface area contributed by atoms with Gasteiger partial charge < -0.3 is 20.1 Å². The number of nitrogens with zero attached hydrogens (tertiary/aromatic N) is 1. The zero-order chi connectivity index (χ0) is 15.2. The van der Waals surface area contributed by atoms with Crippen molar-refractivity contribution in [3.63, 3.8) is 0 Å². The summed E-state index contributed by atoms with van der Waals surface area (Å²) in [6.07, 6.45) is 5.79. The van der Waals surface area contributed by atoms with Crippen molar-refractivity contribution in [2.24, 2.45) is 5.92 Å². The first-order valence-corrected chi connectivity index (χ1v) is 8.40. The van der Waals surface area contributed by atoms with Gasteiger partial charge in [-0.05, 0) is 32.9 Å². The van der Waals surface area contributed by atoms with Gasteiger partial charge in [-0.15, -0.1) is 0 Å². The van der Waals surface area contributed by atoms with Crippen LogP contribution in [0.5, 0.6) is 0 Å². The first-order valence-electron chi connectivity index (χ1n) is 8.40. The molecule has 0 aromatic heterocycles. The zero-order valence-electron chi connectivity index (χ0n) is 13.4. The molecule has 1 saturated heterocycles. The summed E-state index contributed by atoms with van der Waals surface area (Å²) < 4.78 is 5.69. The van der Waals surface area contributed by atoms with E-state index in [2.05, 4.69) is 24.2 Å². The fraction of sp³-hybridized carbons (Fsp3) is 0.938. The minimum Gasteiger partial charge on any atom is -0.388 e. The van der Waals surface area contributed by atoms with Crippen molar-refractivity contribution in [2.75, 3.05) is 26.7 Å². The number of carbonyl (C=O) groups excluding carboxylic acids is 1. The number of ether oxygens (including phenoxy) is 1. The molecule has 0 spiro atoms. The van der Waals surface area contributed by atoms with Crippen LogP contribution >= 0.6 is 0 Å². The van der Waals surface area contributed by atoms with Gasteiger partial charge in [-0.2, -0.15) is 0 Å². The Bertz CT molecular complexity index is 331. The maximum absolute atomic E-state index is 12.1. The Labute approximate surface area is 128 Å². The van der Waals surface area contributed by atoms with E-state index in [9.17, 15) is 9.90 Å². The number of aliphatic hydroxyl groups is 1. The van der Waals surface area contributed by atoms with Gasteiger partial charge in [-0.25, -0.2) is 0 Å². The van der Waals surface area contributed by atoms with Gasteiger partial charge in [-0.1, -0.05) is 26.2 Å². The van der Waals surface area contributed by atoms with E-state index in [0.717, 1.165) is 45.2 Å². The van der Waals surface area contributed by atoms with Crippen LogP contribution in [0, 0.1) is 5.92 Å². The summed E-state index contributed by atoms with van der Waals surface area (Å²) in [5.41, 5.74) is 0. The van der Waals surface area contributed by atoms with E-state index in [0.29, 0.717) is 6.61 Å². The van der Waals surface area contributed by atoms with E-state index >= 15 is 0 Å². The Morgan fingerprint density at radius 1 is 1.38 bits per heavy atom. The molecule has 2 rings (SSSR count). The number of carbonyl (C=O) groups is 1. The normalized spacial score (nSPS) is 30.2. The van der Waals surface area contributed by atoms with Gasteiger partial charge in [0.2, 0.25) is 5.91 Å². The molecule has 5 nitrogen and oxygen atoms in total. The molecule has 1 heterocycles. The van der Waals surface area contributed by atoms with Gasteiger partial charge in [0.1, 0.15) is 6.10 Å². The molecule has 0 bridgehead atoms. The Morgan fingerprint density at radius 2 is 2.10 bits per heavy atom. The molecule has 122 valence electrons. The molecule has 0 aromatic rings. The molecule has 2 fully saturated rings. The molecule has 3 unspecified atom stereocenters. The van der Waals surface area contributed by atoms with E-state index in [-0.39, 0.29) is 24.0 Å². The summed E-state index contributed by atoms with van der Waals surface area (Å²) in [4.78, 5) is 14.3. The van der Waals surface area contributed by atoms with Crippen LogP contribution in [-0.4, -0.2) is 60.9 Å². The fourth-order valence-electron chi connectivity index (χ4n) is 3.29. The van der Waals surface area contributed by atoms with Crippen LogP contribution in [0.15, 0.2) is 0 Å². The smallest absolute Gasteiger partial charge is 0.223 e. The molecule has 21 heavy (non-hydrogen) atoms. The molecule has 1 aliphatic carbocycles. The summed E-state index contributed by atoms with van der Waals surface area (Å²) in [7, 11) is 2.05. The Morgan fingerprint density at radius 3 is 2.76 bits per heavy atom. The minimum atomic E-state index is -0.598. The lowest BCUT2D eigenvalue weighted by Gasteiger charge is -2.24. The van der Waals surface area contributed by atoms with Crippen LogP contribution < -0.4 is 5.32 Å². The van der Waals surface area contributed by atoms with Crippen molar-refractivity contribution in [3.8, 4) is 0 Å². The average Bonchev–Trinajstić information content (AvgIpc) is 3.10. The highest BCUT2D eigenvalue weighted by molar-refractivity contribution is 5.79. The van der Waals surface area contributed by atoms with E-state index in [1.54, 1.807) is 0 Å². The van der Waals surface area contributed by atoms with Crippen LogP contribution in [0.1, 0.15) is 45.4 Å². The number of aliphatic hydroxyl groups excluding tert-OH is 1. The molecular formula is C16H30N2O3. The van der Waals surface area contributed by atoms with Gasteiger partial charge in [0.15, 0.2) is 0 Å². The summed E-state index contributed by atoms with van der Waals surface area (Å²) in [6, 6.07) is -0.248. The number of unbranched alkanes of at least 4 members (excludes halogenated alkanes) is 1. The van der Waals surface area contributed by atoms with E-state index in [1.165, 1.54) is 6.42 Å². The number of rotatable bonds is 7. The lowest BCUT2D eigenvalue weighted by molar-refractivity contribution is -0.126. The summed E-state index contributed by atoms with van der Waals surface area (Å²) in [5, 5.41) is 13.3. The first kappa shape index (κ1) is 16.7. The maximum Gasteiger partial charge on any atom is 0.223 e. The first-order chi connectivity index (χ1) is 10.1. The third kappa shape index (κ3) is 4.66. The van der Waals surface area contributed by atoms with Crippen LogP contribution in [0.3, 0.4) is 0 Å². The second-order valence-electron chi connectivity index (χ2n) is 6.57. The SMILES string of the molecule is CCCCN(C)CC1OCC(NC(=O)C2CCCC2)C1O.